The van der Waals surface area contributed by atoms with Crippen molar-refractivity contribution in [1.82, 2.24) is 4.90 Å². The Morgan fingerprint density at radius 3 is 2.50 bits per heavy atom. The third-order valence-corrected chi connectivity index (χ3v) is 6.49. The molecule has 2 aromatic rings. The molecule has 3 aliphatic rings. The Morgan fingerprint density at radius 1 is 1.00 bits per heavy atom. The van der Waals surface area contributed by atoms with E-state index in [1.165, 1.54) is 4.90 Å². The third kappa shape index (κ3) is 2.15. The first-order valence-electron chi connectivity index (χ1n) is 9.70. The van der Waals surface area contributed by atoms with Gasteiger partial charge >= 0.3 is 0 Å². The second-order valence-corrected chi connectivity index (χ2v) is 7.96. The Bertz CT molecular complexity index is 990. The zero-order chi connectivity index (χ0) is 19.5. The molecule has 5 rings (SSSR count). The molecule has 1 spiro atoms. The molecule has 0 aromatic heterocycles. The highest BCUT2D eigenvalue weighted by molar-refractivity contribution is 6.13. The SMILES string of the molecule is C[C@H]1[NH2+][C@@]2(C(=O)Nc3ccccc32)[C@@H]2C(=O)N(CCc3ccccc3)C(=O)[C@@H]21. The average molecular weight is 376 g/mol. The van der Waals surface area contributed by atoms with E-state index in [9.17, 15) is 14.4 Å². The van der Waals surface area contributed by atoms with Crippen LogP contribution >= 0.6 is 0 Å². The largest absolute Gasteiger partial charge is 0.326 e. The molecule has 3 heterocycles. The Kier molecular flexibility index (Phi) is 3.67. The van der Waals surface area contributed by atoms with Crippen molar-refractivity contribution in [3.8, 4) is 0 Å². The third-order valence-electron chi connectivity index (χ3n) is 6.49. The quantitative estimate of drug-likeness (QED) is 0.772. The summed E-state index contributed by atoms with van der Waals surface area (Å²) < 4.78 is 0. The molecule has 28 heavy (non-hydrogen) atoms. The number of quaternary nitrogens is 1. The number of hydrogen-bond donors (Lipinski definition) is 2. The van der Waals surface area contributed by atoms with E-state index >= 15 is 0 Å². The number of nitrogens with one attached hydrogen (secondary N) is 1. The number of nitrogens with two attached hydrogens (primary N) is 1. The van der Waals surface area contributed by atoms with Crippen molar-refractivity contribution < 1.29 is 19.7 Å². The molecule has 6 heteroatoms. The van der Waals surface area contributed by atoms with E-state index in [1.54, 1.807) is 0 Å². The van der Waals surface area contributed by atoms with Gasteiger partial charge in [0.2, 0.25) is 17.4 Å². The van der Waals surface area contributed by atoms with E-state index in [-0.39, 0.29) is 23.8 Å². The molecule has 0 saturated carbocycles. The number of hydrogen-bond acceptors (Lipinski definition) is 3. The van der Waals surface area contributed by atoms with Crippen LogP contribution in [0.5, 0.6) is 0 Å². The molecular weight excluding hydrogens is 354 g/mol. The van der Waals surface area contributed by atoms with Crippen LogP contribution < -0.4 is 10.6 Å². The zero-order valence-electron chi connectivity index (χ0n) is 15.6. The van der Waals surface area contributed by atoms with Gasteiger partial charge in [0, 0.05) is 12.1 Å². The Morgan fingerprint density at radius 2 is 1.71 bits per heavy atom. The van der Waals surface area contributed by atoms with Crippen molar-refractivity contribution in [3.63, 3.8) is 0 Å². The summed E-state index contributed by atoms with van der Waals surface area (Å²) in [6.45, 7) is 2.28. The second-order valence-electron chi connectivity index (χ2n) is 7.96. The average Bonchev–Trinajstić information content (AvgIpc) is 3.26. The van der Waals surface area contributed by atoms with E-state index in [0.29, 0.717) is 13.0 Å². The van der Waals surface area contributed by atoms with Gasteiger partial charge in [0.1, 0.15) is 11.8 Å². The van der Waals surface area contributed by atoms with Crippen LogP contribution in [0.1, 0.15) is 18.1 Å². The topological polar surface area (TPSA) is 83.1 Å². The summed E-state index contributed by atoms with van der Waals surface area (Å²) >= 11 is 0. The molecule has 6 nitrogen and oxygen atoms in total. The van der Waals surface area contributed by atoms with Crippen molar-refractivity contribution in [3.05, 3.63) is 65.7 Å². The van der Waals surface area contributed by atoms with Crippen molar-refractivity contribution in [2.75, 3.05) is 11.9 Å². The van der Waals surface area contributed by atoms with E-state index < -0.39 is 17.4 Å². The maximum atomic E-state index is 13.4. The van der Waals surface area contributed by atoms with Gasteiger partial charge in [-0.1, -0.05) is 48.5 Å². The molecule has 0 radical (unpaired) electrons. The van der Waals surface area contributed by atoms with Gasteiger partial charge in [-0.3, -0.25) is 19.3 Å². The van der Waals surface area contributed by atoms with Crippen LogP contribution in [-0.4, -0.2) is 35.2 Å². The maximum absolute atomic E-state index is 13.4. The highest BCUT2D eigenvalue weighted by Gasteiger charge is 2.73. The maximum Gasteiger partial charge on any atom is 0.291 e. The van der Waals surface area contributed by atoms with Crippen molar-refractivity contribution >= 4 is 23.4 Å². The lowest BCUT2D eigenvalue weighted by molar-refractivity contribution is -0.730. The summed E-state index contributed by atoms with van der Waals surface area (Å²) in [7, 11) is 0. The molecule has 4 atom stereocenters. The van der Waals surface area contributed by atoms with Gasteiger partial charge in [-0.05, 0) is 25.0 Å². The minimum Gasteiger partial charge on any atom is -0.326 e. The molecule has 2 fully saturated rings. The summed E-state index contributed by atoms with van der Waals surface area (Å²) in [6.07, 6.45) is 0.617. The summed E-state index contributed by atoms with van der Waals surface area (Å²) in [4.78, 5) is 41.0. The molecule has 3 amide bonds. The fourth-order valence-corrected chi connectivity index (χ4v) is 5.26. The van der Waals surface area contributed by atoms with Crippen LogP contribution in [0.3, 0.4) is 0 Å². The van der Waals surface area contributed by atoms with Crippen LogP contribution in [0.4, 0.5) is 5.69 Å². The Balaban J connectivity index is 1.50. The summed E-state index contributed by atoms with van der Waals surface area (Å²) in [5.41, 5.74) is 1.58. The first-order valence-corrected chi connectivity index (χ1v) is 9.70. The number of nitrogens with zero attached hydrogens (tertiary/aromatic N) is 1. The van der Waals surface area contributed by atoms with E-state index in [4.69, 9.17) is 0 Å². The lowest BCUT2D eigenvalue weighted by Gasteiger charge is -2.25. The number of carbonyl (C=O) groups excluding carboxylic acids is 3. The molecule has 2 saturated heterocycles. The second kappa shape index (κ2) is 6.01. The number of benzene rings is 2. The lowest BCUT2D eigenvalue weighted by Crippen LogP contribution is -2.98. The van der Waals surface area contributed by atoms with Gasteiger partial charge in [0.15, 0.2) is 0 Å². The fourth-order valence-electron chi connectivity index (χ4n) is 5.26. The highest BCUT2D eigenvalue weighted by Crippen LogP contribution is 2.48. The van der Waals surface area contributed by atoms with Gasteiger partial charge in [-0.15, -0.1) is 0 Å². The van der Waals surface area contributed by atoms with Gasteiger partial charge in [-0.2, -0.15) is 0 Å². The molecule has 0 unspecified atom stereocenters. The lowest BCUT2D eigenvalue weighted by atomic mass is 9.76. The molecule has 3 N–H and O–H groups in total. The van der Waals surface area contributed by atoms with Gasteiger partial charge < -0.3 is 10.6 Å². The summed E-state index contributed by atoms with van der Waals surface area (Å²) in [6, 6.07) is 17.2. The van der Waals surface area contributed by atoms with E-state index in [1.807, 2.05) is 66.8 Å². The number of likely N-dealkylation sites (tertiary alicyclic amines) is 1. The van der Waals surface area contributed by atoms with Gasteiger partial charge in [0.25, 0.3) is 5.91 Å². The van der Waals surface area contributed by atoms with Gasteiger partial charge in [0.05, 0.1) is 11.7 Å². The van der Waals surface area contributed by atoms with Crippen molar-refractivity contribution in [2.45, 2.75) is 24.9 Å². The molecule has 3 aliphatic heterocycles. The normalized spacial score (nSPS) is 30.7. The monoisotopic (exact) mass is 376 g/mol. The standard InChI is InChI=1S/C22H21N3O3/c1-13-17-18(22(24-13)15-9-5-6-10-16(15)23-21(22)28)20(27)25(19(17)26)12-11-14-7-3-2-4-8-14/h2-10,13,17-18,24H,11-12H2,1H3,(H,23,28)/p+1/t13-,17-,18+,22-/m1/s1. The molecule has 0 aliphatic carbocycles. The predicted molar refractivity (Wildman–Crippen MR) is 102 cm³/mol. The van der Waals surface area contributed by atoms with Crippen molar-refractivity contribution in [1.29, 1.82) is 0 Å². The van der Waals surface area contributed by atoms with E-state index in [2.05, 4.69) is 5.32 Å². The minimum atomic E-state index is -1.05. The first-order chi connectivity index (χ1) is 13.5. The molecular formula is C22H22N3O3+. The molecule has 2 aromatic carbocycles. The van der Waals surface area contributed by atoms with Crippen LogP contribution in [0, 0.1) is 11.8 Å². The minimum absolute atomic E-state index is 0.139. The molecule has 142 valence electrons. The first kappa shape index (κ1) is 17.1. The number of para-hydroxylation sites is 1. The van der Waals surface area contributed by atoms with Crippen molar-refractivity contribution in [2.24, 2.45) is 11.8 Å². The molecule has 0 bridgehead atoms. The highest BCUT2D eigenvalue weighted by atomic mass is 16.2. The van der Waals surface area contributed by atoms with Crippen LogP contribution in [0.25, 0.3) is 0 Å². The van der Waals surface area contributed by atoms with Crippen LogP contribution in [-0.2, 0) is 26.3 Å². The van der Waals surface area contributed by atoms with Crippen LogP contribution in [0.15, 0.2) is 54.6 Å². The predicted octanol–water partition coefficient (Wildman–Crippen LogP) is 0.643. The number of carbonyl (C=O) groups is 3. The number of fused-ring (bicyclic) bond motifs is 4. The fraction of sp³-hybridized carbons (Fsp3) is 0.318. The van der Waals surface area contributed by atoms with Gasteiger partial charge in [-0.25, -0.2) is 0 Å². The van der Waals surface area contributed by atoms with E-state index in [0.717, 1.165) is 16.8 Å². The number of anilines is 1. The number of rotatable bonds is 3. The zero-order valence-corrected chi connectivity index (χ0v) is 15.6. The summed E-state index contributed by atoms with van der Waals surface area (Å²) in [5.74, 6) is -1.70. The number of imide groups is 1. The smallest absolute Gasteiger partial charge is 0.291 e. The Labute approximate surface area is 162 Å². The summed E-state index contributed by atoms with van der Waals surface area (Å²) in [5, 5.41) is 4.84. The Hall–Kier alpha value is -2.99. The number of amides is 3. The van der Waals surface area contributed by atoms with Crippen LogP contribution in [0.2, 0.25) is 0 Å².